The minimum Gasteiger partial charge on any atom is -0.487 e. The molecule has 0 aliphatic carbocycles. The molecule has 1 unspecified atom stereocenters. The fourth-order valence-electron chi connectivity index (χ4n) is 2.12. The number of likely N-dealkylation sites (N-methyl/N-ethyl adjacent to an activating group) is 1. The number of rotatable bonds is 8. The summed E-state index contributed by atoms with van der Waals surface area (Å²) in [7, 11) is 3.98. The summed E-state index contributed by atoms with van der Waals surface area (Å²) in [6, 6.07) is 5.25. The number of anilines is 1. The van der Waals surface area contributed by atoms with Crippen LogP contribution in [0.5, 0.6) is 5.75 Å². The average molecular weight is 295 g/mol. The van der Waals surface area contributed by atoms with E-state index in [-0.39, 0.29) is 16.7 Å². The molecule has 118 valence electrons. The maximum atomic E-state index is 11.4. The zero-order chi connectivity index (χ0) is 16.0. The highest BCUT2D eigenvalue weighted by molar-refractivity contribution is 5.68. The van der Waals surface area contributed by atoms with Crippen molar-refractivity contribution in [2.75, 3.05) is 32.6 Å². The van der Waals surface area contributed by atoms with Gasteiger partial charge in [0.2, 0.25) is 0 Å². The molecule has 0 spiro atoms. The number of hydrogen-bond acceptors (Lipinski definition) is 5. The standard InChI is InChI=1S/C15H25N3O3/c1-6-21-14-9-7-8-12(15(14)18(19)20)16-13(11(2)3)10-17(4)5/h7-9,11,13,16H,6,10H2,1-5H3. The first-order valence-corrected chi connectivity index (χ1v) is 7.18. The van der Waals surface area contributed by atoms with Crippen LogP contribution in [0.15, 0.2) is 18.2 Å². The molecule has 6 heteroatoms. The van der Waals surface area contributed by atoms with Crippen LogP contribution in [0.1, 0.15) is 20.8 Å². The summed E-state index contributed by atoms with van der Waals surface area (Å²) in [5.41, 5.74) is 0.509. The third-order valence-corrected chi connectivity index (χ3v) is 3.19. The van der Waals surface area contributed by atoms with Gasteiger partial charge in [-0.1, -0.05) is 19.9 Å². The molecule has 0 fully saturated rings. The Morgan fingerprint density at radius 3 is 2.52 bits per heavy atom. The summed E-state index contributed by atoms with van der Waals surface area (Å²) in [5.74, 6) is 0.655. The van der Waals surface area contributed by atoms with E-state index in [0.717, 1.165) is 6.54 Å². The van der Waals surface area contributed by atoms with Gasteiger partial charge in [-0.3, -0.25) is 10.1 Å². The van der Waals surface area contributed by atoms with Crippen LogP contribution in [0.2, 0.25) is 0 Å². The SMILES string of the molecule is CCOc1cccc(NC(CN(C)C)C(C)C)c1[N+](=O)[O-]. The lowest BCUT2D eigenvalue weighted by Crippen LogP contribution is -2.36. The van der Waals surface area contributed by atoms with Crippen molar-refractivity contribution in [3.05, 3.63) is 28.3 Å². The van der Waals surface area contributed by atoms with Crippen LogP contribution < -0.4 is 10.1 Å². The van der Waals surface area contributed by atoms with Crippen LogP contribution in [0.3, 0.4) is 0 Å². The van der Waals surface area contributed by atoms with E-state index >= 15 is 0 Å². The van der Waals surface area contributed by atoms with Crippen molar-refractivity contribution in [1.29, 1.82) is 0 Å². The van der Waals surface area contributed by atoms with Gasteiger partial charge >= 0.3 is 5.69 Å². The van der Waals surface area contributed by atoms with Gasteiger partial charge in [0.05, 0.1) is 11.5 Å². The van der Waals surface area contributed by atoms with Gasteiger partial charge in [0, 0.05) is 12.6 Å². The van der Waals surface area contributed by atoms with Crippen molar-refractivity contribution in [3.8, 4) is 5.75 Å². The van der Waals surface area contributed by atoms with Crippen molar-refractivity contribution in [3.63, 3.8) is 0 Å². The van der Waals surface area contributed by atoms with Crippen molar-refractivity contribution in [2.24, 2.45) is 5.92 Å². The minimum absolute atomic E-state index is 0.00348. The van der Waals surface area contributed by atoms with E-state index in [1.54, 1.807) is 18.2 Å². The van der Waals surface area contributed by atoms with Gasteiger partial charge in [0.25, 0.3) is 0 Å². The molecule has 0 amide bonds. The molecule has 1 aromatic carbocycles. The first kappa shape index (κ1) is 17.2. The van der Waals surface area contributed by atoms with Gasteiger partial charge in [-0.15, -0.1) is 0 Å². The smallest absolute Gasteiger partial charge is 0.333 e. The molecule has 1 rings (SSSR count). The van der Waals surface area contributed by atoms with E-state index in [1.165, 1.54) is 0 Å². The number of nitrogens with one attached hydrogen (secondary N) is 1. The summed E-state index contributed by atoms with van der Waals surface area (Å²) < 4.78 is 5.37. The zero-order valence-corrected chi connectivity index (χ0v) is 13.4. The lowest BCUT2D eigenvalue weighted by Gasteiger charge is -2.26. The monoisotopic (exact) mass is 295 g/mol. The summed E-state index contributed by atoms with van der Waals surface area (Å²) in [6.45, 7) is 7.20. The van der Waals surface area contributed by atoms with E-state index < -0.39 is 0 Å². The number of benzene rings is 1. The van der Waals surface area contributed by atoms with Gasteiger partial charge < -0.3 is 15.0 Å². The summed E-state index contributed by atoms with van der Waals surface area (Å²) in [4.78, 5) is 13.0. The molecule has 6 nitrogen and oxygen atoms in total. The second-order valence-corrected chi connectivity index (χ2v) is 5.60. The molecule has 0 bridgehead atoms. The summed E-state index contributed by atoms with van der Waals surface area (Å²) >= 11 is 0. The lowest BCUT2D eigenvalue weighted by molar-refractivity contribution is -0.385. The normalized spacial score (nSPS) is 12.5. The minimum atomic E-state index is -0.389. The van der Waals surface area contributed by atoms with Gasteiger partial charge in [-0.25, -0.2) is 0 Å². The molecule has 1 N–H and O–H groups in total. The Bertz CT molecular complexity index is 475. The topological polar surface area (TPSA) is 67.6 Å². The molecule has 0 saturated heterocycles. The number of nitro benzene ring substituents is 1. The van der Waals surface area contributed by atoms with E-state index in [0.29, 0.717) is 24.0 Å². The van der Waals surface area contributed by atoms with E-state index in [2.05, 4.69) is 24.1 Å². The quantitative estimate of drug-likeness (QED) is 0.590. The maximum Gasteiger partial charge on any atom is 0.333 e. The number of para-hydroxylation sites is 1. The Morgan fingerprint density at radius 1 is 1.38 bits per heavy atom. The summed E-state index contributed by atoms with van der Waals surface area (Å²) in [5, 5.41) is 14.7. The highest BCUT2D eigenvalue weighted by Gasteiger charge is 2.24. The van der Waals surface area contributed by atoms with Crippen LogP contribution in [0.25, 0.3) is 0 Å². The first-order valence-electron chi connectivity index (χ1n) is 7.18. The van der Waals surface area contributed by atoms with Crippen LogP contribution in [0, 0.1) is 16.0 Å². The van der Waals surface area contributed by atoms with Gasteiger partial charge in [-0.2, -0.15) is 0 Å². The Kier molecular flexibility index (Phi) is 6.42. The maximum absolute atomic E-state index is 11.4. The third-order valence-electron chi connectivity index (χ3n) is 3.19. The van der Waals surface area contributed by atoms with Crippen molar-refractivity contribution >= 4 is 11.4 Å². The molecular formula is C15H25N3O3. The third kappa shape index (κ3) is 4.90. The fourth-order valence-corrected chi connectivity index (χ4v) is 2.12. The molecular weight excluding hydrogens is 270 g/mol. The van der Waals surface area contributed by atoms with Crippen molar-refractivity contribution in [1.82, 2.24) is 4.90 Å². The molecule has 0 aromatic heterocycles. The number of hydrogen-bond donors (Lipinski definition) is 1. The number of nitro groups is 1. The van der Waals surface area contributed by atoms with Crippen LogP contribution in [-0.2, 0) is 0 Å². The second-order valence-electron chi connectivity index (χ2n) is 5.60. The molecule has 1 atom stereocenters. The van der Waals surface area contributed by atoms with Gasteiger partial charge in [0.15, 0.2) is 5.75 Å². The van der Waals surface area contributed by atoms with Crippen molar-refractivity contribution in [2.45, 2.75) is 26.8 Å². The Morgan fingerprint density at radius 2 is 2.05 bits per heavy atom. The largest absolute Gasteiger partial charge is 0.487 e. The van der Waals surface area contributed by atoms with Crippen LogP contribution >= 0.6 is 0 Å². The fraction of sp³-hybridized carbons (Fsp3) is 0.600. The molecule has 0 radical (unpaired) electrons. The molecule has 1 aromatic rings. The molecule has 0 heterocycles. The van der Waals surface area contributed by atoms with Crippen LogP contribution in [-0.4, -0.2) is 43.1 Å². The lowest BCUT2D eigenvalue weighted by atomic mass is 10.0. The van der Waals surface area contributed by atoms with E-state index in [9.17, 15) is 10.1 Å². The van der Waals surface area contributed by atoms with E-state index in [1.807, 2.05) is 21.0 Å². The van der Waals surface area contributed by atoms with Gasteiger partial charge in [-0.05, 0) is 39.1 Å². The Labute approximate surface area is 126 Å². The molecule has 21 heavy (non-hydrogen) atoms. The zero-order valence-electron chi connectivity index (χ0n) is 13.4. The molecule has 0 aliphatic rings. The number of nitrogens with zero attached hydrogens (tertiary/aromatic N) is 2. The second kappa shape index (κ2) is 7.83. The van der Waals surface area contributed by atoms with E-state index in [4.69, 9.17) is 4.74 Å². The Balaban J connectivity index is 3.10. The van der Waals surface area contributed by atoms with Gasteiger partial charge in [0.1, 0.15) is 5.69 Å². The predicted octanol–water partition coefficient (Wildman–Crippen LogP) is 2.99. The highest BCUT2D eigenvalue weighted by Crippen LogP contribution is 2.35. The highest BCUT2D eigenvalue weighted by atomic mass is 16.6. The Hall–Kier alpha value is -1.82. The van der Waals surface area contributed by atoms with Crippen LogP contribution in [0.4, 0.5) is 11.4 Å². The molecule has 0 saturated carbocycles. The summed E-state index contributed by atoms with van der Waals surface area (Å²) in [6.07, 6.45) is 0. The average Bonchev–Trinajstić information content (AvgIpc) is 2.37. The molecule has 0 aliphatic heterocycles. The van der Waals surface area contributed by atoms with Crippen molar-refractivity contribution < 1.29 is 9.66 Å². The predicted molar refractivity (Wildman–Crippen MR) is 85.1 cm³/mol. The first-order chi connectivity index (χ1) is 9.86. The number of ether oxygens (including phenoxy) is 1.